The maximum Gasteiger partial charge on any atom is 0.219 e. The third kappa shape index (κ3) is 2.80. The number of hydrogen-bond acceptors (Lipinski definition) is 6. The number of hydrogen-bond donors (Lipinski definition) is 2. The van der Waals surface area contributed by atoms with Gasteiger partial charge in [0.1, 0.15) is 0 Å². The normalized spacial score (nSPS) is 13.3. The Morgan fingerprint density at radius 1 is 1.04 bits per heavy atom. The highest BCUT2D eigenvalue weighted by Gasteiger charge is 2.21. The van der Waals surface area contributed by atoms with Crippen LogP contribution in [0, 0.1) is 6.92 Å². The van der Waals surface area contributed by atoms with Crippen LogP contribution in [0.3, 0.4) is 0 Å². The van der Waals surface area contributed by atoms with E-state index in [2.05, 4.69) is 15.3 Å². The molecule has 0 amide bonds. The Labute approximate surface area is 152 Å². The number of anilines is 2. The highest BCUT2D eigenvalue weighted by atomic mass is 32.2. The Kier molecular flexibility index (Phi) is 3.88. The Morgan fingerprint density at radius 2 is 1.73 bits per heavy atom. The van der Waals surface area contributed by atoms with Gasteiger partial charge in [-0.25, -0.2) is 18.4 Å². The second-order valence-corrected chi connectivity index (χ2v) is 8.26. The number of aryl methyl sites for hydroxylation is 1. The van der Waals surface area contributed by atoms with E-state index >= 15 is 0 Å². The molecule has 3 N–H and O–H groups in total. The first-order valence-corrected chi connectivity index (χ1v) is 9.74. The van der Waals surface area contributed by atoms with Crippen LogP contribution in [0.15, 0.2) is 58.6 Å². The number of fused-ring (bicyclic) bond motifs is 1. The third-order valence-corrected chi connectivity index (χ3v) is 6.34. The van der Waals surface area contributed by atoms with Crippen molar-refractivity contribution >= 4 is 21.5 Å². The summed E-state index contributed by atoms with van der Waals surface area (Å²) in [7, 11) is -3.57. The fourth-order valence-electron chi connectivity index (χ4n) is 3.19. The number of benzene rings is 2. The maximum absolute atomic E-state index is 13.0. The maximum atomic E-state index is 13.0. The van der Waals surface area contributed by atoms with E-state index in [-0.39, 0.29) is 10.8 Å². The zero-order chi connectivity index (χ0) is 18.3. The molecule has 3 aromatic rings. The summed E-state index contributed by atoms with van der Waals surface area (Å²) in [4.78, 5) is 8.58. The van der Waals surface area contributed by atoms with E-state index in [0.717, 1.165) is 40.9 Å². The minimum Gasteiger partial charge on any atom is -0.384 e. The average Bonchev–Trinajstić information content (AvgIpc) is 3.10. The van der Waals surface area contributed by atoms with Gasteiger partial charge in [-0.2, -0.15) is 0 Å². The van der Waals surface area contributed by atoms with Crippen molar-refractivity contribution in [1.29, 1.82) is 0 Å². The Hall–Kier alpha value is -2.93. The van der Waals surface area contributed by atoms with Crippen LogP contribution < -0.4 is 11.1 Å². The fourth-order valence-corrected chi connectivity index (χ4v) is 4.58. The zero-order valence-electron chi connectivity index (χ0n) is 14.2. The molecule has 2 aromatic carbocycles. The average molecular weight is 366 g/mol. The van der Waals surface area contributed by atoms with Crippen LogP contribution in [0.1, 0.15) is 11.1 Å². The van der Waals surface area contributed by atoms with Crippen molar-refractivity contribution < 1.29 is 8.42 Å². The standard InChI is InChI=1S/C19H18N4O2S/c1-12-8-15(2-4-17(12)14-10-22-19(20)23-11-14)26(24,25)16-3-5-18-13(9-16)6-7-21-18/h2-5,8-11,21H,6-7H2,1H3,(H2,20,22,23). The Balaban J connectivity index is 1.73. The van der Waals surface area contributed by atoms with E-state index in [1.165, 1.54) is 0 Å². The van der Waals surface area contributed by atoms with E-state index in [9.17, 15) is 8.42 Å². The predicted molar refractivity (Wildman–Crippen MR) is 101 cm³/mol. The summed E-state index contributed by atoms with van der Waals surface area (Å²) in [5.41, 5.74) is 10.1. The van der Waals surface area contributed by atoms with Gasteiger partial charge in [-0.15, -0.1) is 0 Å². The number of aromatic nitrogens is 2. The van der Waals surface area contributed by atoms with Crippen LogP contribution >= 0.6 is 0 Å². The lowest BCUT2D eigenvalue weighted by molar-refractivity contribution is 0.596. The first-order chi connectivity index (χ1) is 12.4. The van der Waals surface area contributed by atoms with Gasteiger partial charge < -0.3 is 11.1 Å². The molecule has 0 saturated carbocycles. The van der Waals surface area contributed by atoms with Crippen molar-refractivity contribution in [1.82, 2.24) is 9.97 Å². The molecular weight excluding hydrogens is 348 g/mol. The zero-order valence-corrected chi connectivity index (χ0v) is 15.0. The molecule has 6 nitrogen and oxygen atoms in total. The molecule has 1 aliphatic rings. The minimum absolute atomic E-state index is 0.205. The number of nitrogen functional groups attached to an aromatic ring is 1. The van der Waals surface area contributed by atoms with Crippen LogP contribution in [-0.4, -0.2) is 24.9 Å². The summed E-state index contributed by atoms with van der Waals surface area (Å²) < 4.78 is 26.0. The van der Waals surface area contributed by atoms with Crippen molar-refractivity contribution in [3.05, 3.63) is 59.9 Å². The van der Waals surface area contributed by atoms with E-state index in [1.807, 2.05) is 13.0 Å². The van der Waals surface area contributed by atoms with Crippen LogP contribution in [-0.2, 0) is 16.3 Å². The van der Waals surface area contributed by atoms with Gasteiger partial charge in [0, 0.05) is 30.2 Å². The molecule has 0 radical (unpaired) electrons. The van der Waals surface area contributed by atoms with Crippen molar-refractivity contribution in [2.24, 2.45) is 0 Å². The van der Waals surface area contributed by atoms with Gasteiger partial charge in [-0.1, -0.05) is 6.07 Å². The summed E-state index contributed by atoms with van der Waals surface area (Å²) in [6.45, 7) is 2.72. The summed E-state index contributed by atoms with van der Waals surface area (Å²) in [5.74, 6) is 0.205. The van der Waals surface area contributed by atoms with Gasteiger partial charge in [-0.05, 0) is 60.4 Å². The summed E-state index contributed by atoms with van der Waals surface area (Å²) in [5, 5.41) is 3.24. The van der Waals surface area contributed by atoms with Crippen molar-refractivity contribution in [2.75, 3.05) is 17.6 Å². The fraction of sp³-hybridized carbons (Fsp3) is 0.158. The molecular formula is C19H18N4O2S. The molecule has 2 heterocycles. The molecule has 0 fully saturated rings. The van der Waals surface area contributed by atoms with Gasteiger partial charge in [0.05, 0.1) is 9.79 Å². The largest absolute Gasteiger partial charge is 0.384 e. The van der Waals surface area contributed by atoms with Gasteiger partial charge in [0.25, 0.3) is 0 Å². The van der Waals surface area contributed by atoms with Gasteiger partial charge in [-0.3, -0.25) is 0 Å². The summed E-state index contributed by atoms with van der Waals surface area (Å²) in [6, 6.07) is 10.4. The number of nitrogens with two attached hydrogens (primary N) is 1. The van der Waals surface area contributed by atoms with Crippen LogP contribution in [0.25, 0.3) is 11.1 Å². The van der Waals surface area contributed by atoms with Gasteiger partial charge >= 0.3 is 0 Å². The first kappa shape index (κ1) is 16.5. The molecule has 0 bridgehead atoms. The highest BCUT2D eigenvalue weighted by molar-refractivity contribution is 7.91. The van der Waals surface area contributed by atoms with Crippen molar-refractivity contribution in [3.8, 4) is 11.1 Å². The lowest BCUT2D eigenvalue weighted by Crippen LogP contribution is -2.03. The molecule has 1 aliphatic heterocycles. The second-order valence-electron chi connectivity index (χ2n) is 6.31. The molecule has 0 spiro atoms. The van der Waals surface area contributed by atoms with Gasteiger partial charge in [0.15, 0.2) is 0 Å². The molecule has 132 valence electrons. The third-order valence-electron chi connectivity index (χ3n) is 4.59. The number of nitrogens with zero attached hydrogens (tertiary/aromatic N) is 2. The number of nitrogens with one attached hydrogen (secondary N) is 1. The van der Waals surface area contributed by atoms with Crippen molar-refractivity contribution in [2.45, 2.75) is 23.1 Å². The molecule has 0 saturated heterocycles. The molecule has 0 aliphatic carbocycles. The monoisotopic (exact) mass is 366 g/mol. The SMILES string of the molecule is Cc1cc(S(=O)(=O)c2ccc3c(c2)CCN3)ccc1-c1cnc(N)nc1. The van der Waals surface area contributed by atoms with E-state index in [1.54, 1.807) is 42.7 Å². The molecule has 7 heteroatoms. The topological polar surface area (TPSA) is 98.0 Å². The molecule has 4 rings (SSSR count). The Bertz CT molecular complexity index is 1090. The van der Waals surface area contributed by atoms with Crippen LogP contribution in [0.2, 0.25) is 0 Å². The summed E-state index contributed by atoms with van der Waals surface area (Å²) >= 11 is 0. The van der Waals surface area contributed by atoms with E-state index < -0.39 is 9.84 Å². The molecule has 0 atom stereocenters. The van der Waals surface area contributed by atoms with E-state index in [4.69, 9.17) is 5.73 Å². The smallest absolute Gasteiger partial charge is 0.219 e. The van der Waals surface area contributed by atoms with Gasteiger partial charge in [0.2, 0.25) is 15.8 Å². The highest BCUT2D eigenvalue weighted by Crippen LogP contribution is 2.31. The second kappa shape index (κ2) is 6.10. The number of rotatable bonds is 3. The quantitative estimate of drug-likeness (QED) is 0.740. The lowest BCUT2D eigenvalue weighted by atomic mass is 10.0. The van der Waals surface area contributed by atoms with Crippen LogP contribution in [0.4, 0.5) is 11.6 Å². The molecule has 0 unspecified atom stereocenters. The van der Waals surface area contributed by atoms with Crippen LogP contribution in [0.5, 0.6) is 0 Å². The lowest BCUT2D eigenvalue weighted by Gasteiger charge is -2.10. The van der Waals surface area contributed by atoms with Crippen molar-refractivity contribution in [3.63, 3.8) is 0 Å². The minimum atomic E-state index is -3.57. The molecule has 1 aromatic heterocycles. The summed E-state index contributed by atoms with van der Waals surface area (Å²) in [6.07, 6.45) is 4.10. The van der Waals surface area contributed by atoms with E-state index in [0.29, 0.717) is 4.90 Å². The number of sulfone groups is 1. The predicted octanol–water partition coefficient (Wildman–Crippen LogP) is 2.84. The molecule has 26 heavy (non-hydrogen) atoms. The Morgan fingerprint density at radius 3 is 2.46 bits per heavy atom. The first-order valence-electron chi connectivity index (χ1n) is 8.25.